The molecule has 0 saturated heterocycles. The second kappa shape index (κ2) is 8.33. The topological polar surface area (TPSA) is 76.7 Å². The highest BCUT2D eigenvalue weighted by atomic mass is 19.1. The Bertz CT molecular complexity index is 536. The van der Waals surface area contributed by atoms with Crippen LogP contribution < -0.4 is 15.4 Å². The summed E-state index contributed by atoms with van der Waals surface area (Å²) in [6, 6.07) is 3.16. The van der Waals surface area contributed by atoms with Gasteiger partial charge in [0.15, 0.2) is 11.6 Å². The van der Waals surface area contributed by atoms with E-state index < -0.39 is 23.9 Å². The molecule has 0 spiro atoms. The number of methoxy groups -OCH3 is 2. The van der Waals surface area contributed by atoms with Gasteiger partial charge in [0.05, 0.1) is 20.3 Å². The summed E-state index contributed by atoms with van der Waals surface area (Å²) < 4.78 is 23.1. The molecule has 6 nitrogen and oxygen atoms in total. The van der Waals surface area contributed by atoms with Crippen LogP contribution in [0.5, 0.6) is 5.75 Å². The zero-order valence-corrected chi connectivity index (χ0v) is 13.1. The molecule has 0 aliphatic carbocycles. The number of ether oxygens (including phenoxy) is 2. The summed E-state index contributed by atoms with van der Waals surface area (Å²) in [5, 5.41) is 5.39. The van der Waals surface area contributed by atoms with Gasteiger partial charge in [-0.25, -0.2) is 9.18 Å². The van der Waals surface area contributed by atoms with Gasteiger partial charge in [-0.2, -0.15) is 0 Å². The Morgan fingerprint density at radius 3 is 2.50 bits per heavy atom. The maximum atomic E-state index is 13.7. The Kier molecular flexibility index (Phi) is 6.78. The molecule has 0 unspecified atom stereocenters. The zero-order valence-electron chi connectivity index (χ0n) is 13.1. The number of esters is 1. The normalized spacial score (nSPS) is 13.1. The Hall–Kier alpha value is -2.15. The predicted octanol–water partition coefficient (Wildman–Crippen LogP) is 0.642. The van der Waals surface area contributed by atoms with Crippen LogP contribution >= 0.6 is 0 Å². The van der Waals surface area contributed by atoms with Crippen LogP contribution in [0.1, 0.15) is 12.5 Å². The minimum Gasteiger partial charge on any atom is -0.494 e. The average Bonchev–Trinajstić information content (AvgIpc) is 2.51. The number of benzene rings is 1. The molecule has 0 aromatic heterocycles. The van der Waals surface area contributed by atoms with Gasteiger partial charge in [-0.1, -0.05) is 6.07 Å². The van der Waals surface area contributed by atoms with E-state index in [-0.39, 0.29) is 18.1 Å². The van der Waals surface area contributed by atoms with E-state index in [1.165, 1.54) is 33.3 Å². The quantitative estimate of drug-likeness (QED) is 0.723. The zero-order chi connectivity index (χ0) is 16.7. The van der Waals surface area contributed by atoms with Gasteiger partial charge in [0.25, 0.3) is 0 Å². The molecule has 0 heterocycles. The fourth-order valence-corrected chi connectivity index (χ4v) is 1.95. The summed E-state index contributed by atoms with van der Waals surface area (Å²) >= 11 is 0. The second-order valence-corrected chi connectivity index (χ2v) is 4.77. The van der Waals surface area contributed by atoms with Crippen LogP contribution in [0.2, 0.25) is 0 Å². The molecule has 0 aliphatic rings. The summed E-state index contributed by atoms with van der Waals surface area (Å²) in [7, 11) is 4.25. The molecule has 0 saturated carbocycles. The SMILES string of the molecule is CN[C@@H](Cc1ccc(OC)c(F)c1)C(=O)N[C@@H](C)C(=O)OC. The molecule has 1 rings (SSSR count). The van der Waals surface area contributed by atoms with E-state index in [4.69, 9.17) is 4.74 Å². The fraction of sp³-hybridized carbons (Fsp3) is 0.467. The van der Waals surface area contributed by atoms with Crippen LogP contribution in [0.3, 0.4) is 0 Å². The number of halogens is 1. The summed E-state index contributed by atoms with van der Waals surface area (Å²) in [6.07, 6.45) is 0.275. The van der Waals surface area contributed by atoms with Crippen LogP contribution in [-0.4, -0.2) is 45.2 Å². The lowest BCUT2D eigenvalue weighted by atomic mass is 10.0. The molecule has 1 aromatic rings. The largest absolute Gasteiger partial charge is 0.494 e. The lowest BCUT2D eigenvalue weighted by molar-refractivity contribution is -0.144. The second-order valence-electron chi connectivity index (χ2n) is 4.77. The van der Waals surface area contributed by atoms with Crippen LogP contribution in [0.15, 0.2) is 18.2 Å². The first-order valence-corrected chi connectivity index (χ1v) is 6.80. The number of carbonyl (C=O) groups is 2. The molecule has 0 radical (unpaired) electrons. The Balaban J connectivity index is 2.73. The van der Waals surface area contributed by atoms with E-state index in [1.54, 1.807) is 13.1 Å². The van der Waals surface area contributed by atoms with Gasteiger partial charge < -0.3 is 20.1 Å². The number of amides is 1. The Morgan fingerprint density at radius 2 is 2.00 bits per heavy atom. The molecule has 0 aliphatic heterocycles. The highest BCUT2D eigenvalue weighted by molar-refractivity contribution is 5.87. The van der Waals surface area contributed by atoms with Crippen molar-refractivity contribution in [3.63, 3.8) is 0 Å². The summed E-state index contributed by atoms with van der Waals surface area (Å²) in [5.41, 5.74) is 0.638. The molecule has 22 heavy (non-hydrogen) atoms. The van der Waals surface area contributed by atoms with Crippen molar-refractivity contribution in [1.82, 2.24) is 10.6 Å². The third kappa shape index (κ3) is 4.70. The Labute approximate surface area is 129 Å². The monoisotopic (exact) mass is 312 g/mol. The number of hydrogen-bond donors (Lipinski definition) is 2. The van der Waals surface area contributed by atoms with Crippen molar-refractivity contribution in [2.24, 2.45) is 0 Å². The van der Waals surface area contributed by atoms with Gasteiger partial charge in [-0.3, -0.25) is 4.79 Å². The highest BCUT2D eigenvalue weighted by Crippen LogP contribution is 2.18. The van der Waals surface area contributed by atoms with Crippen molar-refractivity contribution in [1.29, 1.82) is 0 Å². The molecule has 1 aromatic carbocycles. The first-order valence-electron chi connectivity index (χ1n) is 6.80. The van der Waals surface area contributed by atoms with Crippen molar-refractivity contribution < 1.29 is 23.5 Å². The third-order valence-corrected chi connectivity index (χ3v) is 3.23. The minimum atomic E-state index is -0.749. The molecule has 1 amide bonds. The average molecular weight is 312 g/mol. The van der Waals surface area contributed by atoms with Crippen LogP contribution in [0.25, 0.3) is 0 Å². The maximum absolute atomic E-state index is 13.7. The van der Waals surface area contributed by atoms with Gasteiger partial charge in [-0.05, 0) is 38.1 Å². The summed E-state index contributed by atoms with van der Waals surface area (Å²) in [5.74, 6) is -1.23. The summed E-state index contributed by atoms with van der Waals surface area (Å²) in [4.78, 5) is 23.4. The number of carbonyl (C=O) groups excluding carboxylic acids is 2. The predicted molar refractivity (Wildman–Crippen MR) is 79.1 cm³/mol. The number of nitrogens with one attached hydrogen (secondary N) is 2. The lowest BCUT2D eigenvalue weighted by Gasteiger charge is -2.19. The number of likely N-dealkylation sites (N-methyl/N-ethyl adjacent to an activating group) is 1. The lowest BCUT2D eigenvalue weighted by Crippen LogP contribution is -2.49. The van der Waals surface area contributed by atoms with Gasteiger partial charge in [0, 0.05) is 0 Å². The van der Waals surface area contributed by atoms with E-state index in [2.05, 4.69) is 15.4 Å². The fourth-order valence-electron chi connectivity index (χ4n) is 1.95. The molecular formula is C15H21FN2O4. The Morgan fingerprint density at radius 1 is 1.32 bits per heavy atom. The van der Waals surface area contributed by atoms with E-state index in [1.807, 2.05) is 0 Å². The van der Waals surface area contributed by atoms with Crippen LogP contribution in [0, 0.1) is 5.82 Å². The van der Waals surface area contributed by atoms with E-state index in [0.717, 1.165) is 0 Å². The number of rotatable bonds is 7. The first kappa shape index (κ1) is 17.9. The van der Waals surface area contributed by atoms with Crippen molar-refractivity contribution >= 4 is 11.9 Å². The molecule has 0 bridgehead atoms. The summed E-state index contributed by atoms with van der Waals surface area (Å²) in [6.45, 7) is 1.53. The maximum Gasteiger partial charge on any atom is 0.328 e. The van der Waals surface area contributed by atoms with E-state index in [9.17, 15) is 14.0 Å². The molecule has 2 N–H and O–H groups in total. The molecule has 2 atom stereocenters. The van der Waals surface area contributed by atoms with Gasteiger partial charge in [-0.15, -0.1) is 0 Å². The van der Waals surface area contributed by atoms with E-state index in [0.29, 0.717) is 5.56 Å². The molecule has 122 valence electrons. The highest BCUT2D eigenvalue weighted by Gasteiger charge is 2.22. The molecular weight excluding hydrogens is 291 g/mol. The minimum absolute atomic E-state index is 0.147. The van der Waals surface area contributed by atoms with Gasteiger partial charge in [0.2, 0.25) is 5.91 Å². The standard InChI is InChI=1S/C15H21FN2O4/c1-9(15(20)22-4)18-14(19)12(17-2)8-10-5-6-13(21-3)11(16)7-10/h5-7,9,12,17H,8H2,1-4H3,(H,18,19)/t9-,12-/m0/s1. The van der Waals surface area contributed by atoms with Gasteiger partial charge >= 0.3 is 5.97 Å². The number of hydrogen-bond acceptors (Lipinski definition) is 5. The van der Waals surface area contributed by atoms with Gasteiger partial charge in [0.1, 0.15) is 6.04 Å². The van der Waals surface area contributed by atoms with E-state index >= 15 is 0 Å². The molecule has 7 heteroatoms. The van der Waals surface area contributed by atoms with Crippen LogP contribution in [0.4, 0.5) is 4.39 Å². The first-order chi connectivity index (χ1) is 10.4. The van der Waals surface area contributed by atoms with Crippen molar-refractivity contribution in [2.45, 2.75) is 25.4 Å². The molecule has 0 fully saturated rings. The third-order valence-electron chi connectivity index (χ3n) is 3.23. The van der Waals surface area contributed by atoms with Crippen molar-refractivity contribution in [3.8, 4) is 5.75 Å². The van der Waals surface area contributed by atoms with Crippen molar-refractivity contribution in [3.05, 3.63) is 29.6 Å². The smallest absolute Gasteiger partial charge is 0.328 e. The van der Waals surface area contributed by atoms with Crippen LogP contribution in [-0.2, 0) is 20.7 Å². The van der Waals surface area contributed by atoms with Crippen molar-refractivity contribution in [2.75, 3.05) is 21.3 Å².